The Morgan fingerprint density at radius 2 is 2.06 bits per heavy atom. The van der Waals surface area contributed by atoms with Crippen molar-refractivity contribution in [1.82, 2.24) is 9.78 Å². The van der Waals surface area contributed by atoms with Crippen LogP contribution < -0.4 is 0 Å². The van der Waals surface area contributed by atoms with Crippen LogP contribution in [0.5, 0.6) is 0 Å². The number of ether oxygens (including phenoxy) is 1. The highest BCUT2D eigenvalue weighted by Gasteiger charge is 2.05. The predicted molar refractivity (Wildman–Crippen MR) is 64.3 cm³/mol. The molecule has 0 spiro atoms. The third-order valence-electron chi connectivity index (χ3n) is 2.34. The van der Waals surface area contributed by atoms with Crippen LogP contribution in [0.3, 0.4) is 0 Å². The van der Waals surface area contributed by atoms with Crippen molar-refractivity contribution < 1.29 is 9.53 Å². The van der Waals surface area contributed by atoms with Gasteiger partial charge >= 0.3 is 5.97 Å². The summed E-state index contributed by atoms with van der Waals surface area (Å²) < 4.78 is 6.44. The number of aromatic nitrogens is 2. The molecule has 2 rings (SSSR count). The van der Waals surface area contributed by atoms with Crippen molar-refractivity contribution in [1.29, 1.82) is 0 Å². The first-order valence-electron chi connectivity index (χ1n) is 5.53. The summed E-state index contributed by atoms with van der Waals surface area (Å²) in [5.74, 6) is -0.268. The molecule has 0 amide bonds. The van der Waals surface area contributed by atoms with E-state index in [4.69, 9.17) is 4.74 Å². The summed E-state index contributed by atoms with van der Waals surface area (Å²) >= 11 is 0. The Hall–Kier alpha value is -2.10. The van der Waals surface area contributed by atoms with Crippen LogP contribution in [0.1, 0.15) is 6.92 Å². The maximum atomic E-state index is 11.3. The molecule has 0 saturated carbocycles. The number of benzene rings is 1. The van der Waals surface area contributed by atoms with E-state index in [2.05, 4.69) is 5.10 Å². The van der Waals surface area contributed by atoms with Crippen LogP contribution in [-0.4, -0.2) is 22.4 Å². The first kappa shape index (κ1) is 11.4. The molecule has 1 aromatic heterocycles. The quantitative estimate of drug-likeness (QED) is 0.755. The van der Waals surface area contributed by atoms with Gasteiger partial charge in [0.1, 0.15) is 6.54 Å². The highest BCUT2D eigenvalue weighted by Crippen LogP contribution is 2.17. The molecule has 88 valence electrons. The van der Waals surface area contributed by atoms with Crippen LogP contribution in [0.4, 0.5) is 0 Å². The monoisotopic (exact) mass is 230 g/mol. The van der Waals surface area contributed by atoms with Crippen molar-refractivity contribution in [2.45, 2.75) is 13.5 Å². The topological polar surface area (TPSA) is 44.1 Å². The maximum Gasteiger partial charge on any atom is 0.327 e. The largest absolute Gasteiger partial charge is 0.465 e. The highest BCUT2D eigenvalue weighted by atomic mass is 16.5. The molecule has 0 aliphatic carbocycles. The van der Waals surface area contributed by atoms with Crippen molar-refractivity contribution in [3.63, 3.8) is 0 Å². The first-order chi connectivity index (χ1) is 8.29. The number of hydrogen-bond donors (Lipinski definition) is 0. The molecule has 17 heavy (non-hydrogen) atoms. The summed E-state index contributed by atoms with van der Waals surface area (Å²) in [4.78, 5) is 11.3. The van der Waals surface area contributed by atoms with Crippen molar-refractivity contribution in [3.8, 4) is 11.1 Å². The van der Waals surface area contributed by atoms with Gasteiger partial charge in [-0.2, -0.15) is 5.10 Å². The van der Waals surface area contributed by atoms with E-state index in [1.54, 1.807) is 17.8 Å². The van der Waals surface area contributed by atoms with Crippen molar-refractivity contribution in [3.05, 3.63) is 42.7 Å². The molecule has 0 N–H and O–H groups in total. The third kappa shape index (κ3) is 2.93. The Morgan fingerprint density at radius 3 is 2.76 bits per heavy atom. The van der Waals surface area contributed by atoms with Crippen LogP contribution in [0.25, 0.3) is 11.1 Å². The molecule has 0 atom stereocenters. The summed E-state index contributed by atoms with van der Waals surface area (Å²) in [6.45, 7) is 2.34. The molecule has 1 heterocycles. The van der Waals surface area contributed by atoms with E-state index in [-0.39, 0.29) is 12.5 Å². The molecule has 0 aliphatic rings. The van der Waals surface area contributed by atoms with Gasteiger partial charge in [-0.05, 0) is 12.5 Å². The summed E-state index contributed by atoms with van der Waals surface area (Å²) in [6, 6.07) is 9.92. The van der Waals surface area contributed by atoms with E-state index >= 15 is 0 Å². The summed E-state index contributed by atoms with van der Waals surface area (Å²) in [5.41, 5.74) is 2.08. The van der Waals surface area contributed by atoms with E-state index in [0.29, 0.717) is 6.61 Å². The minimum Gasteiger partial charge on any atom is -0.465 e. The average molecular weight is 230 g/mol. The SMILES string of the molecule is CCOC(=O)Cn1cc(-c2ccccc2)cn1. The molecular formula is C13H14N2O2. The number of carbonyl (C=O) groups excluding carboxylic acids is 1. The number of hydrogen-bond acceptors (Lipinski definition) is 3. The second kappa shape index (κ2) is 5.30. The zero-order chi connectivity index (χ0) is 12.1. The van der Waals surface area contributed by atoms with Crippen molar-refractivity contribution in [2.75, 3.05) is 6.61 Å². The molecule has 0 aliphatic heterocycles. The molecule has 4 nitrogen and oxygen atoms in total. The van der Waals surface area contributed by atoms with Gasteiger partial charge in [-0.1, -0.05) is 30.3 Å². The van der Waals surface area contributed by atoms with Crippen LogP contribution in [-0.2, 0) is 16.1 Å². The molecular weight excluding hydrogens is 216 g/mol. The van der Waals surface area contributed by atoms with Gasteiger partial charge in [0, 0.05) is 11.8 Å². The molecule has 2 aromatic rings. The smallest absolute Gasteiger partial charge is 0.327 e. The van der Waals surface area contributed by atoms with Crippen LogP contribution in [0, 0.1) is 0 Å². The fourth-order valence-electron chi connectivity index (χ4n) is 1.57. The first-order valence-corrected chi connectivity index (χ1v) is 5.53. The zero-order valence-electron chi connectivity index (χ0n) is 9.67. The zero-order valence-corrected chi connectivity index (χ0v) is 9.67. The third-order valence-corrected chi connectivity index (χ3v) is 2.34. The standard InChI is InChI=1S/C13H14N2O2/c1-2-17-13(16)10-15-9-12(8-14-15)11-6-4-3-5-7-11/h3-9H,2,10H2,1H3. The number of carbonyl (C=O) groups is 1. The normalized spacial score (nSPS) is 10.2. The minimum atomic E-state index is -0.268. The Kier molecular flexibility index (Phi) is 3.55. The molecule has 0 unspecified atom stereocenters. The number of esters is 1. The van der Waals surface area contributed by atoms with Crippen molar-refractivity contribution in [2.24, 2.45) is 0 Å². The van der Waals surface area contributed by atoms with E-state index in [1.807, 2.05) is 36.5 Å². The predicted octanol–water partition coefficient (Wildman–Crippen LogP) is 2.11. The minimum absolute atomic E-state index is 0.153. The molecule has 0 radical (unpaired) electrons. The van der Waals surface area contributed by atoms with Crippen molar-refractivity contribution >= 4 is 5.97 Å². The van der Waals surface area contributed by atoms with Gasteiger partial charge in [0.15, 0.2) is 0 Å². The Balaban J connectivity index is 2.09. The van der Waals surface area contributed by atoms with E-state index in [9.17, 15) is 4.79 Å². The van der Waals surface area contributed by atoms with Gasteiger partial charge < -0.3 is 4.74 Å². The highest BCUT2D eigenvalue weighted by molar-refractivity contribution is 5.69. The van der Waals surface area contributed by atoms with Crippen LogP contribution in [0.2, 0.25) is 0 Å². The van der Waals surface area contributed by atoms with E-state index in [0.717, 1.165) is 11.1 Å². The van der Waals surface area contributed by atoms with Crippen LogP contribution in [0.15, 0.2) is 42.7 Å². The molecule has 0 saturated heterocycles. The van der Waals surface area contributed by atoms with Gasteiger partial charge in [-0.15, -0.1) is 0 Å². The maximum absolute atomic E-state index is 11.3. The fraction of sp³-hybridized carbons (Fsp3) is 0.231. The second-order valence-corrected chi connectivity index (χ2v) is 3.60. The van der Waals surface area contributed by atoms with E-state index in [1.165, 1.54) is 0 Å². The van der Waals surface area contributed by atoms with E-state index < -0.39 is 0 Å². The summed E-state index contributed by atoms with van der Waals surface area (Å²) in [7, 11) is 0. The fourth-order valence-corrected chi connectivity index (χ4v) is 1.57. The molecule has 1 aromatic carbocycles. The van der Waals surface area contributed by atoms with Gasteiger partial charge in [0.05, 0.1) is 12.8 Å². The lowest BCUT2D eigenvalue weighted by Gasteiger charge is -2.01. The lowest BCUT2D eigenvalue weighted by atomic mass is 10.1. The Bertz CT molecular complexity index is 491. The number of rotatable bonds is 4. The average Bonchev–Trinajstić information content (AvgIpc) is 2.79. The molecule has 0 fully saturated rings. The lowest BCUT2D eigenvalue weighted by molar-refractivity contribution is -0.144. The van der Waals surface area contributed by atoms with Gasteiger partial charge in [0.2, 0.25) is 0 Å². The lowest BCUT2D eigenvalue weighted by Crippen LogP contribution is -2.13. The Labute approximate surface area is 99.8 Å². The number of nitrogens with zero attached hydrogens (tertiary/aromatic N) is 2. The van der Waals surface area contributed by atoms with Gasteiger partial charge in [-0.3, -0.25) is 9.48 Å². The van der Waals surface area contributed by atoms with Gasteiger partial charge in [-0.25, -0.2) is 0 Å². The molecule has 0 bridgehead atoms. The summed E-state index contributed by atoms with van der Waals surface area (Å²) in [6.07, 6.45) is 3.58. The van der Waals surface area contributed by atoms with Gasteiger partial charge in [0.25, 0.3) is 0 Å². The second-order valence-electron chi connectivity index (χ2n) is 3.60. The van der Waals surface area contributed by atoms with Crippen LogP contribution >= 0.6 is 0 Å². The Morgan fingerprint density at radius 1 is 1.29 bits per heavy atom. The molecule has 4 heteroatoms. The summed E-state index contributed by atoms with van der Waals surface area (Å²) in [5, 5.41) is 4.13.